The molecule has 0 saturated heterocycles. The summed E-state index contributed by atoms with van der Waals surface area (Å²) >= 11 is 1.60. The molecule has 1 heterocycles. The van der Waals surface area contributed by atoms with E-state index < -0.39 is 0 Å². The van der Waals surface area contributed by atoms with E-state index in [2.05, 4.69) is 15.6 Å². The monoisotopic (exact) mass is 456 g/mol. The van der Waals surface area contributed by atoms with E-state index in [-0.39, 0.29) is 5.91 Å². The molecule has 2 aromatic rings. The zero-order valence-corrected chi connectivity index (χ0v) is 21.0. The van der Waals surface area contributed by atoms with Gasteiger partial charge in [0.15, 0.2) is 0 Å². The summed E-state index contributed by atoms with van der Waals surface area (Å²) in [5.41, 5.74) is 2.60. The van der Waals surface area contributed by atoms with Gasteiger partial charge in [0, 0.05) is 17.0 Å². The van der Waals surface area contributed by atoms with E-state index in [1.165, 1.54) is 0 Å². The quantitative estimate of drug-likeness (QED) is 0.305. The molecule has 7 heteroatoms. The van der Waals surface area contributed by atoms with E-state index in [1.807, 2.05) is 108 Å². The van der Waals surface area contributed by atoms with Crippen molar-refractivity contribution in [3.05, 3.63) is 72.0 Å². The van der Waals surface area contributed by atoms with Crippen LogP contribution >= 0.6 is 11.9 Å². The molecule has 0 aliphatic rings. The Balaban J connectivity index is 0.000000557. The molecule has 174 valence electrons. The van der Waals surface area contributed by atoms with Crippen LogP contribution in [0.25, 0.3) is 5.57 Å². The summed E-state index contributed by atoms with van der Waals surface area (Å²) in [6.45, 7) is 10.5. The molecular weight excluding hydrogens is 420 g/mol. The lowest BCUT2D eigenvalue weighted by Crippen LogP contribution is -2.22. The third kappa shape index (κ3) is 11.5. The largest absolute Gasteiger partial charge is 0.352 e. The van der Waals surface area contributed by atoms with Crippen molar-refractivity contribution in [1.82, 2.24) is 14.6 Å². The number of allylic oxidation sites excluding steroid dienone is 4. The number of amides is 2. The number of pyridine rings is 1. The molecule has 0 unspecified atom stereocenters. The van der Waals surface area contributed by atoms with Crippen LogP contribution in [-0.2, 0) is 4.79 Å². The fourth-order valence-electron chi connectivity index (χ4n) is 2.41. The van der Waals surface area contributed by atoms with E-state index in [1.54, 1.807) is 18.0 Å². The molecule has 32 heavy (non-hydrogen) atoms. The number of nitrogens with one attached hydrogen (secondary N) is 2. The number of aromatic nitrogens is 1. The predicted molar refractivity (Wildman–Crippen MR) is 138 cm³/mol. The highest BCUT2D eigenvalue weighted by Crippen LogP contribution is 2.20. The van der Waals surface area contributed by atoms with Gasteiger partial charge in [-0.15, -0.1) is 0 Å². The summed E-state index contributed by atoms with van der Waals surface area (Å²) in [6, 6.07) is 13.1. The second-order valence-electron chi connectivity index (χ2n) is 6.21. The molecule has 1 aromatic carbocycles. The molecule has 1 aromatic heterocycles. The fourth-order valence-corrected chi connectivity index (χ4v) is 3.15. The van der Waals surface area contributed by atoms with Gasteiger partial charge in [-0.3, -0.25) is 13.9 Å². The van der Waals surface area contributed by atoms with Gasteiger partial charge in [0.2, 0.25) is 6.41 Å². The third-order valence-corrected chi connectivity index (χ3v) is 4.46. The Bertz CT molecular complexity index is 880. The minimum absolute atomic E-state index is 0.0151. The molecule has 0 aliphatic heterocycles. The second-order valence-corrected chi connectivity index (χ2v) is 7.59. The number of hydrogen-bond donors (Lipinski definition) is 2. The summed E-state index contributed by atoms with van der Waals surface area (Å²) in [5.74, 6) is 0.546. The highest BCUT2D eigenvalue weighted by atomic mass is 32.2. The summed E-state index contributed by atoms with van der Waals surface area (Å²) in [7, 11) is 3.95. The average molecular weight is 457 g/mol. The van der Waals surface area contributed by atoms with Crippen LogP contribution in [0.3, 0.4) is 0 Å². The lowest BCUT2D eigenvalue weighted by atomic mass is 10.1. The smallest absolute Gasteiger partial charge is 0.251 e. The van der Waals surface area contributed by atoms with Gasteiger partial charge >= 0.3 is 0 Å². The Labute approximate surface area is 197 Å². The minimum atomic E-state index is -0.0151. The van der Waals surface area contributed by atoms with Gasteiger partial charge in [-0.2, -0.15) is 0 Å². The van der Waals surface area contributed by atoms with Crippen molar-refractivity contribution in [3.8, 4) is 0 Å². The van der Waals surface area contributed by atoms with Gasteiger partial charge in [-0.05, 0) is 82.7 Å². The van der Waals surface area contributed by atoms with Crippen LogP contribution in [0.4, 0.5) is 5.82 Å². The van der Waals surface area contributed by atoms with Gasteiger partial charge in [-0.25, -0.2) is 4.98 Å². The van der Waals surface area contributed by atoms with Gasteiger partial charge in [-0.1, -0.05) is 44.2 Å². The first-order valence-electron chi connectivity index (χ1n) is 10.6. The Morgan fingerprint density at radius 1 is 1.12 bits per heavy atom. The average Bonchev–Trinajstić information content (AvgIpc) is 2.79. The third-order valence-electron chi connectivity index (χ3n) is 3.63. The van der Waals surface area contributed by atoms with Crippen molar-refractivity contribution in [1.29, 1.82) is 0 Å². The summed E-state index contributed by atoms with van der Waals surface area (Å²) < 4.78 is 2.00. The zero-order chi connectivity index (χ0) is 24.4. The molecule has 2 N–H and O–H groups in total. The van der Waals surface area contributed by atoms with Gasteiger partial charge in [0.05, 0.1) is 5.69 Å². The molecule has 0 saturated carbocycles. The highest BCUT2D eigenvalue weighted by Gasteiger charge is 2.05. The number of benzene rings is 1. The Hall–Kier alpha value is -2.90. The zero-order valence-electron chi connectivity index (χ0n) is 20.2. The van der Waals surface area contributed by atoms with E-state index in [4.69, 9.17) is 0 Å². The van der Waals surface area contributed by atoms with Crippen molar-refractivity contribution in [2.75, 3.05) is 26.0 Å². The lowest BCUT2D eigenvalue weighted by molar-refractivity contribution is -0.105. The molecule has 0 atom stereocenters. The van der Waals surface area contributed by atoms with Crippen LogP contribution in [0.15, 0.2) is 65.6 Å². The Morgan fingerprint density at radius 3 is 2.38 bits per heavy atom. The fraction of sp³-hybridized carbons (Fsp3) is 0.320. The van der Waals surface area contributed by atoms with Gasteiger partial charge in [0.1, 0.15) is 5.82 Å². The van der Waals surface area contributed by atoms with Crippen molar-refractivity contribution >= 4 is 35.7 Å². The van der Waals surface area contributed by atoms with E-state index in [9.17, 15) is 9.59 Å². The highest BCUT2D eigenvalue weighted by molar-refractivity contribution is 7.97. The first kappa shape index (κ1) is 29.1. The van der Waals surface area contributed by atoms with E-state index >= 15 is 0 Å². The van der Waals surface area contributed by atoms with Gasteiger partial charge < -0.3 is 10.6 Å². The molecule has 0 fully saturated rings. The van der Waals surface area contributed by atoms with Gasteiger partial charge in [0.25, 0.3) is 5.91 Å². The summed E-state index contributed by atoms with van der Waals surface area (Å²) in [5, 5.41) is 5.31. The maximum absolute atomic E-state index is 11.5. The molecule has 0 spiro atoms. The van der Waals surface area contributed by atoms with Crippen LogP contribution in [0, 0.1) is 0 Å². The molecule has 2 amide bonds. The van der Waals surface area contributed by atoms with Crippen LogP contribution in [-0.4, -0.2) is 42.2 Å². The predicted octanol–water partition coefficient (Wildman–Crippen LogP) is 5.66. The van der Waals surface area contributed by atoms with Crippen LogP contribution in [0.2, 0.25) is 0 Å². The number of hydrogen-bond acceptors (Lipinski definition) is 5. The van der Waals surface area contributed by atoms with Crippen LogP contribution < -0.4 is 10.6 Å². The van der Waals surface area contributed by atoms with Crippen molar-refractivity contribution in [2.24, 2.45) is 0 Å². The van der Waals surface area contributed by atoms with Crippen LogP contribution in [0.1, 0.15) is 50.7 Å². The summed E-state index contributed by atoms with van der Waals surface area (Å²) in [4.78, 5) is 27.2. The maximum Gasteiger partial charge on any atom is 0.251 e. The SMILES string of the molecule is C/C=C\C(=C/C)c1cccc(NC=O)n1.CC.CCNC(=O)c1cccc(SN(C)C)c1. The van der Waals surface area contributed by atoms with Crippen molar-refractivity contribution < 1.29 is 9.59 Å². The minimum Gasteiger partial charge on any atom is -0.352 e. The standard InChI is InChI=1S/C12H14N2O.C11H16N2OS.C2H6/c1-3-6-10(4-2)11-7-5-8-12(14-11)13-9-15;1-4-12-11(14)9-6-5-7-10(8-9)15-13(2)3;1-2/h3-9H,1-2H3,(H,13,14,15);5-8H,4H2,1-3H3,(H,12,14);1-2H3/b6-3-,10-4+;;. The molecule has 0 bridgehead atoms. The normalized spacial score (nSPS) is 10.6. The van der Waals surface area contributed by atoms with E-state index in [0.717, 1.165) is 16.2 Å². The number of carbonyl (C=O) groups excluding carboxylic acids is 2. The first-order valence-corrected chi connectivity index (χ1v) is 11.4. The second kappa shape index (κ2) is 17.7. The topological polar surface area (TPSA) is 74.3 Å². The molecule has 6 nitrogen and oxygen atoms in total. The van der Waals surface area contributed by atoms with Crippen molar-refractivity contribution in [3.63, 3.8) is 0 Å². The lowest BCUT2D eigenvalue weighted by Gasteiger charge is -2.09. The number of rotatable bonds is 8. The molecule has 2 rings (SSSR count). The first-order chi connectivity index (χ1) is 15.4. The van der Waals surface area contributed by atoms with Crippen LogP contribution in [0.5, 0.6) is 0 Å². The molecular formula is C25H36N4O2S. The molecule has 0 radical (unpaired) electrons. The van der Waals surface area contributed by atoms with Crippen molar-refractivity contribution in [2.45, 2.75) is 39.5 Å². The molecule has 0 aliphatic carbocycles. The number of carbonyl (C=O) groups is 2. The maximum atomic E-state index is 11.5. The number of nitrogens with zero attached hydrogens (tertiary/aromatic N) is 2. The van der Waals surface area contributed by atoms with E-state index in [0.29, 0.717) is 24.3 Å². The number of anilines is 1. The Morgan fingerprint density at radius 2 is 1.81 bits per heavy atom. The Kier molecular flexibility index (Phi) is 16.1. The summed E-state index contributed by atoms with van der Waals surface area (Å²) in [6.07, 6.45) is 6.54.